The molecule has 1 rings (SSSR count). The number of phenols is 1. The van der Waals surface area contributed by atoms with Gasteiger partial charge in [0.15, 0.2) is 0 Å². The standard InChI is InChI=1S/C21H29N3O7/c1-12(2)19(22)21(31)24(13(3)20(30)23-15(11-25)10-18(28)29)17(27)9-6-14-4-7-16(26)8-5-14/h4-5,7-8,11-13,15,19,26H,6,9-10,22H2,1-3H3,(H,23,30)(H,28,29)/t13-,15?,19-/m0/s1. The number of aryl methyl sites for hydroxylation is 1. The summed E-state index contributed by atoms with van der Waals surface area (Å²) >= 11 is 0. The van der Waals surface area contributed by atoms with Gasteiger partial charge in [-0.15, -0.1) is 0 Å². The molecule has 0 aliphatic heterocycles. The monoisotopic (exact) mass is 435 g/mol. The average molecular weight is 435 g/mol. The Hall–Kier alpha value is -3.27. The van der Waals surface area contributed by atoms with Crippen molar-refractivity contribution in [3.63, 3.8) is 0 Å². The zero-order valence-corrected chi connectivity index (χ0v) is 17.8. The number of benzene rings is 1. The number of carbonyl (C=O) groups excluding carboxylic acids is 4. The van der Waals surface area contributed by atoms with E-state index >= 15 is 0 Å². The molecule has 0 heterocycles. The summed E-state index contributed by atoms with van der Waals surface area (Å²) in [5, 5.41) is 20.4. The van der Waals surface area contributed by atoms with Crippen molar-refractivity contribution >= 4 is 30.0 Å². The van der Waals surface area contributed by atoms with Crippen molar-refractivity contribution in [2.24, 2.45) is 11.7 Å². The fourth-order valence-electron chi connectivity index (χ4n) is 2.75. The third-order valence-electron chi connectivity index (χ3n) is 4.73. The van der Waals surface area contributed by atoms with Gasteiger partial charge in [0.2, 0.25) is 17.7 Å². The number of imide groups is 1. The van der Waals surface area contributed by atoms with Gasteiger partial charge in [-0.3, -0.25) is 24.1 Å². The first-order valence-electron chi connectivity index (χ1n) is 9.84. The van der Waals surface area contributed by atoms with Crippen LogP contribution in [0.2, 0.25) is 0 Å². The van der Waals surface area contributed by atoms with E-state index in [9.17, 15) is 29.1 Å². The molecule has 0 bridgehead atoms. The Morgan fingerprint density at radius 1 is 1.13 bits per heavy atom. The number of hydrogen-bond donors (Lipinski definition) is 4. The van der Waals surface area contributed by atoms with Crippen molar-refractivity contribution in [2.45, 2.75) is 58.2 Å². The van der Waals surface area contributed by atoms with Crippen LogP contribution in [0.1, 0.15) is 39.2 Å². The van der Waals surface area contributed by atoms with Crippen LogP contribution < -0.4 is 11.1 Å². The largest absolute Gasteiger partial charge is 0.508 e. The maximum Gasteiger partial charge on any atom is 0.305 e. The molecule has 0 fully saturated rings. The fourth-order valence-corrected chi connectivity index (χ4v) is 2.75. The average Bonchev–Trinajstić information content (AvgIpc) is 2.71. The van der Waals surface area contributed by atoms with Crippen molar-refractivity contribution in [2.75, 3.05) is 0 Å². The number of nitrogens with one attached hydrogen (secondary N) is 1. The number of phenolic OH excluding ortho intramolecular Hbond substituents is 1. The minimum absolute atomic E-state index is 0.0752. The van der Waals surface area contributed by atoms with Crippen LogP contribution in [0.3, 0.4) is 0 Å². The first kappa shape index (κ1) is 25.8. The van der Waals surface area contributed by atoms with E-state index in [2.05, 4.69) is 5.32 Å². The van der Waals surface area contributed by atoms with Gasteiger partial charge in [-0.05, 0) is 37.0 Å². The van der Waals surface area contributed by atoms with Crippen molar-refractivity contribution in [3.05, 3.63) is 29.8 Å². The molecular weight excluding hydrogens is 406 g/mol. The molecular formula is C21H29N3O7. The molecule has 1 aromatic carbocycles. The summed E-state index contributed by atoms with van der Waals surface area (Å²) in [4.78, 5) is 61.0. The number of nitrogens with two attached hydrogens (primary N) is 1. The molecule has 5 N–H and O–H groups in total. The predicted molar refractivity (Wildman–Crippen MR) is 111 cm³/mol. The molecule has 1 unspecified atom stereocenters. The third kappa shape index (κ3) is 7.82. The second kappa shape index (κ2) is 11.8. The SMILES string of the molecule is CC(C)[C@H](N)C(=O)N(C(=O)CCc1ccc(O)cc1)[C@@H](C)C(=O)NC(C=O)CC(=O)O. The Kier molecular flexibility index (Phi) is 9.81. The summed E-state index contributed by atoms with van der Waals surface area (Å²) < 4.78 is 0. The summed E-state index contributed by atoms with van der Waals surface area (Å²) in [6, 6.07) is 2.56. The van der Waals surface area contributed by atoms with Crippen molar-refractivity contribution in [1.29, 1.82) is 0 Å². The van der Waals surface area contributed by atoms with Crippen LogP contribution in [0.5, 0.6) is 5.75 Å². The molecule has 3 amide bonds. The lowest BCUT2D eigenvalue weighted by Gasteiger charge is -2.30. The zero-order valence-electron chi connectivity index (χ0n) is 17.8. The molecule has 0 saturated carbocycles. The topological polar surface area (TPSA) is 167 Å². The van der Waals surface area contributed by atoms with Gasteiger partial charge in [0.1, 0.15) is 18.1 Å². The highest BCUT2D eigenvalue weighted by atomic mass is 16.4. The number of hydrogen-bond acceptors (Lipinski definition) is 7. The van der Waals surface area contributed by atoms with Gasteiger partial charge >= 0.3 is 5.97 Å². The number of aliphatic carboxylic acids is 1. The molecule has 3 atom stereocenters. The highest BCUT2D eigenvalue weighted by Gasteiger charge is 2.35. The quantitative estimate of drug-likeness (QED) is 0.358. The summed E-state index contributed by atoms with van der Waals surface area (Å²) in [5.41, 5.74) is 6.66. The van der Waals surface area contributed by atoms with Crippen LogP contribution in [0, 0.1) is 5.92 Å². The van der Waals surface area contributed by atoms with Gasteiger partial charge in [0.05, 0.1) is 18.5 Å². The van der Waals surface area contributed by atoms with E-state index in [-0.39, 0.29) is 30.8 Å². The maximum atomic E-state index is 12.9. The fraction of sp³-hybridized carbons (Fsp3) is 0.476. The van der Waals surface area contributed by atoms with E-state index in [0.717, 1.165) is 10.5 Å². The number of carboxylic acids is 1. The number of aldehydes is 1. The van der Waals surface area contributed by atoms with Gasteiger partial charge in [-0.25, -0.2) is 0 Å². The third-order valence-corrected chi connectivity index (χ3v) is 4.73. The van der Waals surface area contributed by atoms with Crippen LogP contribution in [-0.4, -0.2) is 63.2 Å². The number of nitrogens with zero attached hydrogens (tertiary/aromatic N) is 1. The first-order chi connectivity index (χ1) is 14.5. The van der Waals surface area contributed by atoms with Crippen LogP contribution in [-0.2, 0) is 30.4 Å². The minimum atomic E-state index is -1.30. The lowest BCUT2D eigenvalue weighted by atomic mass is 10.0. The van der Waals surface area contributed by atoms with Gasteiger partial charge < -0.3 is 26.1 Å². The Morgan fingerprint density at radius 3 is 2.19 bits per heavy atom. The van der Waals surface area contributed by atoms with Gasteiger partial charge in [-0.1, -0.05) is 26.0 Å². The molecule has 0 radical (unpaired) electrons. The molecule has 170 valence electrons. The minimum Gasteiger partial charge on any atom is -0.508 e. The van der Waals surface area contributed by atoms with E-state index in [4.69, 9.17) is 10.8 Å². The molecule has 0 saturated heterocycles. The normalized spacial score (nSPS) is 13.7. The lowest BCUT2D eigenvalue weighted by Crippen LogP contribution is -2.57. The van der Waals surface area contributed by atoms with Crippen LogP contribution in [0.25, 0.3) is 0 Å². The Bertz CT molecular complexity index is 808. The highest BCUT2D eigenvalue weighted by molar-refractivity contribution is 6.02. The van der Waals surface area contributed by atoms with Crippen molar-refractivity contribution in [1.82, 2.24) is 10.2 Å². The second-order valence-corrected chi connectivity index (χ2v) is 7.56. The van der Waals surface area contributed by atoms with E-state index in [1.54, 1.807) is 26.0 Å². The molecule has 0 aromatic heterocycles. The lowest BCUT2D eigenvalue weighted by molar-refractivity contribution is -0.153. The number of amides is 3. The Balaban J connectivity index is 3.03. The molecule has 31 heavy (non-hydrogen) atoms. The van der Waals surface area contributed by atoms with E-state index in [1.807, 2.05) is 0 Å². The number of carbonyl (C=O) groups is 5. The van der Waals surface area contributed by atoms with Crippen molar-refractivity contribution < 1.29 is 34.2 Å². The first-order valence-corrected chi connectivity index (χ1v) is 9.84. The summed E-state index contributed by atoms with van der Waals surface area (Å²) in [5.74, 6) is -3.74. The van der Waals surface area contributed by atoms with E-state index in [0.29, 0.717) is 0 Å². The van der Waals surface area contributed by atoms with Crippen LogP contribution in [0.15, 0.2) is 24.3 Å². The van der Waals surface area contributed by atoms with Gasteiger partial charge in [-0.2, -0.15) is 0 Å². The summed E-state index contributed by atoms with van der Waals surface area (Å²) in [6.07, 6.45) is -0.205. The Morgan fingerprint density at radius 2 is 1.71 bits per heavy atom. The maximum absolute atomic E-state index is 12.9. The Labute approximate surface area is 180 Å². The smallest absolute Gasteiger partial charge is 0.305 e. The number of aromatic hydroxyl groups is 1. The molecule has 0 aliphatic rings. The predicted octanol–water partition coefficient (Wildman–Crippen LogP) is 0.210. The number of rotatable bonds is 11. The molecule has 1 aromatic rings. The molecule has 10 nitrogen and oxygen atoms in total. The molecule has 0 aliphatic carbocycles. The van der Waals surface area contributed by atoms with Crippen LogP contribution in [0.4, 0.5) is 0 Å². The molecule has 0 spiro atoms. The highest BCUT2D eigenvalue weighted by Crippen LogP contribution is 2.15. The molecule has 10 heteroatoms. The van der Waals surface area contributed by atoms with Crippen LogP contribution >= 0.6 is 0 Å². The van der Waals surface area contributed by atoms with Crippen molar-refractivity contribution in [3.8, 4) is 5.75 Å². The van der Waals surface area contributed by atoms with Gasteiger partial charge in [0, 0.05) is 6.42 Å². The van der Waals surface area contributed by atoms with E-state index < -0.39 is 48.2 Å². The van der Waals surface area contributed by atoms with Gasteiger partial charge in [0.25, 0.3) is 0 Å². The second-order valence-electron chi connectivity index (χ2n) is 7.56. The number of carboxylic acid groups (broad SMARTS) is 1. The van der Waals surface area contributed by atoms with E-state index in [1.165, 1.54) is 19.1 Å². The summed E-state index contributed by atoms with van der Waals surface area (Å²) in [6.45, 7) is 4.70. The summed E-state index contributed by atoms with van der Waals surface area (Å²) in [7, 11) is 0. The zero-order chi connectivity index (χ0) is 23.7.